The molecule has 1 spiro atoms. The highest BCUT2D eigenvalue weighted by Gasteiger charge is 2.52. The summed E-state index contributed by atoms with van der Waals surface area (Å²) in [7, 11) is 0. The summed E-state index contributed by atoms with van der Waals surface area (Å²) in [5.41, 5.74) is 17.0. The Morgan fingerprint density at radius 1 is 0.293 bits per heavy atom. The number of fused-ring (bicyclic) bond motifs is 15. The topological polar surface area (TPSA) is 13.1 Å². The van der Waals surface area contributed by atoms with E-state index in [1.807, 2.05) is 6.07 Å². The Hall–Kier alpha value is -7.48. The van der Waals surface area contributed by atoms with Crippen molar-refractivity contribution in [2.45, 2.75) is 5.41 Å². The summed E-state index contributed by atoms with van der Waals surface area (Å²) < 4.78 is 6.24. The van der Waals surface area contributed by atoms with Crippen LogP contribution in [0.1, 0.15) is 22.3 Å². The molecule has 1 nitrogen and oxygen atoms in total. The van der Waals surface area contributed by atoms with Gasteiger partial charge in [0.15, 0.2) is 0 Å². The molecule has 0 atom stereocenters. The van der Waals surface area contributed by atoms with E-state index in [0.29, 0.717) is 0 Å². The van der Waals surface area contributed by atoms with Crippen molar-refractivity contribution < 1.29 is 4.42 Å². The molecule has 266 valence electrons. The fourth-order valence-corrected chi connectivity index (χ4v) is 11.3. The summed E-state index contributed by atoms with van der Waals surface area (Å²) >= 11 is 0. The van der Waals surface area contributed by atoms with Gasteiger partial charge in [0.05, 0.1) is 5.41 Å². The normalized spacial score (nSPS) is 13.7. The summed E-state index contributed by atoms with van der Waals surface area (Å²) in [6, 6.07) is 72.8. The Labute approximate surface area is 334 Å². The van der Waals surface area contributed by atoms with Crippen LogP contribution < -0.4 is 0 Å². The third kappa shape index (κ3) is 3.72. The lowest BCUT2D eigenvalue weighted by molar-refractivity contribution is 0.669. The molecule has 1 heterocycles. The molecule has 0 aliphatic heterocycles. The maximum atomic E-state index is 6.24. The summed E-state index contributed by atoms with van der Waals surface area (Å²) in [5, 5.41) is 12.7. The Kier molecular flexibility index (Phi) is 5.76. The van der Waals surface area contributed by atoms with Crippen LogP contribution in [0, 0.1) is 0 Å². The number of hydrogen-bond donors (Lipinski definition) is 0. The summed E-state index contributed by atoms with van der Waals surface area (Å²) in [5.74, 6) is 0. The number of benzene rings is 11. The average Bonchev–Trinajstić information content (AvgIpc) is 3.91. The minimum absolute atomic E-state index is 0.462. The van der Waals surface area contributed by atoms with Crippen molar-refractivity contribution in [3.8, 4) is 44.5 Å². The zero-order valence-corrected chi connectivity index (χ0v) is 31.4. The lowest BCUT2D eigenvalue weighted by atomic mass is 9.70. The first-order valence-electron chi connectivity index (χ1n) is 20.2. The Bertz CT molecular complexity index is 3690. The van der Waals surface area contributed by atoms with Gasteiger partial charge in [-0.1, -0.05) is 170 Å². The van der Waals surface area contributed by atoms with E-state index in [1.54, 1.807) is 0 Å². The summed E-state index contributed by atoms with van der Waals surface area (Å²) in [6.45, 7) is 0. The van der Waals surface area contributed by atoms with Gasteiger partial charge in [-0.15, -0.1) is 0 Å². The van der Waals surface area contributed by atoms with E-state index in [4.69, 9.17) is 4.42 Å². The number of furan rings is 1. The molecule has 2 aliphatic rings. The number of hydrogen-bond acceptors (Lipinski definition) is 1. The van der Waals surface area contributed by atoms with Gasteiger partial charge in [0, 0.05) is 10.8 Å². The van der Waals surface area contributed by atoms with Crippen molar-refractivity contribution in [3.63, 3.8) is 0 Å². The molecular weight excluding hydrogens is 701 g/mol. The van der Waals surface area contributed by atoms with Crippen molar-refractivity contribution in [2.75, 3.05) is 0 Å². The predicted octanol–water partition coefficient (Wildman–Crippen LogP) is 15.3. The molecule has 0 saturated carbocycles. The van der Waals surface area contributed by atoms with Gasteiger partial charge >= 0.3 is 0 Å². The smallest absolute Gasteiger partial charge is 0.135 e. The zero-order valence-electron chi connectivity index (χ0n) is 31.4. The maximum Gasteiger partial charge on any atom is 0.135 e. The molecule has 58 heavy (non-hydrogen) atoms. The van der Waals surface area contributed by atoms with Gasteiger partial charge < -0.3 is 4.42 Å². The molecule has 0 radical (unpaired) electrons. The molecule has 0 saturated heterocycles. The van der Waals surface area contributed by atoms with E-state index in [0.717, 1.165) is 21.9 Å². The fourth-order valence-electron chi connectivity index (χ4n) is 11.3. The molecule has 1 heteroatoms. The van der Waals surface area contributed by atoms with Crippen LogP contribution in [0.4, 0.5) is 0 Å². The van der Waals surface area contributed by atoms with Gasteiger partial charge in [-0.3, -0.25) is 0 Å². The quantitative estimate of drug-likeness (QED) is 0.161. The van der Waals surface area contributed by atoms with Gasteiger partial charge in [0.1, 0.15) is 11.2 Å². The van der Waals surface area contributed by atoms with Gasteiger partial charge in [-0.05, 0) is 134 Å². The lowest BCUT2D eigenvalue weighted by Gasteiger charge is -2.31. The monoisotopic (exact) mass is 732 g/mol. The van der Waals surface area contributed by atoms with Crippen molar-refractivity contribution in [3.05, 3.63) is 216 Å². The van der Waals surface area contributed by atoms with Crippen LogP contribution in [-0.4, -0.2) is 0 Å². The Balaban J connectivity index is 1.06. The predicted molar refractivity (Wildman–Crippen MR) is 242 cm³/mol. The van der Waals surface area contributed by atoms with Crippen molar-refractivity contribution in [2.24, 2.45) is 0 Å². The zero-order chi connectivity index (χ0) is 37.7. The second kappa shape index (κ2) is 10.9. The highest BCUT2D eigenvalue weighted by atomic mass is 16.3. The lowest BCUT2D eigenvalue weighted by Crippen LogP contribution is -2.25. The second-order valence-corrected chi connectivity index (χ2v) is 16.3. The third-order valence-corrected chi connectivity index (χ3v) is 13.6. The second-order valence-electron chi connectivity index (χ2n) is 16.3. The molecule has 0 bridgehead atoms. The molecule has 0 amide bonds. The Morgan fingerprint density at radius 3 is 1.72 bits per heavy atom. The fraction of sp³-hybridized carbons (Fsp3) is 0.0175. The van der Waals surface area contributed by atoms with E-state index >= 15 is 0 Å². The first-order valence-corrected chi connectivity index (χ1v) is 20.2. The van der Waals surface area contributed by atoms with Crippen LogP contribution in [0.2, 0.25) is 0 Å². The van der Waals surface area contributed by atoms with Crippen molar-refractivity contribution >= 4 is 65.0 Å². The van der Waals surface area contributed by atoms with Crippen LogP contribution in [0.5, 0.6) is 0 Å². The molecule has 0 fully saturated rings. The summed E-state index contributed by atoms with van der Waals surface area (Å²) in [6.07, 6.45) is 0. The van der Waals surface area contributed by atoms with Crippen molar-refractivity contribution in [1.29, 1.82) is 0 Å². The van der Waals surface area contributed by atoms with E-state index in [2.05, 4.69) is 188 Å². The first-order chi connectivity index (χ1) is 28.8. The number of para-hydroxylation sites is 1. The molecule has 12 aromatic rings. The van der Waals surface area contributed by atoms with Crippen LogP contribution in [-0.2, 0) is 5.41 Å². The maximum absolute atomic E-state index is 6.24. The summed E-state index contributed by atoms with van der Waals surface area (Å²) in [4.78, 5) is 0. The average molecular weight is 733 g/mol. The van der Waals surface area contributed by atoms with E-state index in [1.165, 1.54) is 110 Å². The minimum atomic E-state index is -0.462. The largest absolute Gasteiger partial charge is 0.456 e. The third-order valence-electron chi connectivity index (χ3n) is 13.6. The van der Waals surface area contributed by atoms with Gasteiger partial charge in [-0.25, -0.2) is 0 Å². The number of rotatable bonds is 2. The highest BCUT2D eigenvalue weighted by molar-refractivity contribution is 6.25. The molecule has 14 rings (SSSR count). The molecule has 11 aromatic carbocycles. The van der Waals surface area contributed by atoms with Gasteiger partial charge in [-0.2, -0.15) is 0 Å². The Morgan fingerprint density at radius 2 is 0.879 bits per heavy atom. The SMILES string of the molecule is c1ccc2c(c1)-c1ccccc1C21c2cc(-c3ccc4ccc5cccc6ccc3c4c56)ccc2-c2c1ccc1c(-c3ccc4oc5ccccc5c4c3)cccc21. The van der Waals surface area contributed by atoms with Gasteiger partial charge in [0.2, 0.25) is 0 Å². The van der Waals surface area contributed by atoms with Crippen LogP contribution in [0.25, 0.3) is 110 Å². The van der Waals surface area contributed by atoms with E-state index < -0.39 is 5.41 Å². The molecule has 2 aliphatic carbocycles. The van der Waals surface area contributed by atoms with Gasteiger partial charge in [0.25, 0.3) is 0 Å². The molecule has 0 N–H and O–H groups in total. The highest BCUT2D eigenvalue weighted by Crippen LogP contribution is 2.64. The van der Waals surface area contributed by atoms with Crippen molar-refractivity contribution in [1.82, 2.24) is 0 Å². The van der Waals surface area contributed by atoms with E-state index in [-0.39, 0.29) is 0 Å². The van der Waals surface area contributed by atoms with Crippen LogP contribution >= 0.6 is 0 Å². The standard InChI is InChI=1S/C57H32O/c1-4-16-48-41(11-1)42-12-2-5-17-49(42)57(48)50-29-28-40-38(36-24-30-53-47(31-36)43-13-3-6-18-52(43)58-53)14-8-15-44(40)56(50)46-27-23-37(32-51(46)57)39-25-21-35-20-19-33-9-7-10-34-22-26-45(39)55(35)54(33)34/h1-32H. The molecular formula is C57H32O. The van der Waals surface area contributed by atoms with E-state index in [9.17, 15) is 0 Å². The molecule has 0 unspecified atom stereocenters. The van der Waals surface area contributed by atoms with Crippen LogP contribution in [0.3, 0.4) is 0 Å². The van der Waals surface area contributed by atoms with Crippen LogP contribution in [0.15, 0.2) is 199 Å². The minimum Gasteiger partial charge on any atom is -0.456 e. The molecule has 1 aromatic heterocycles. The first kappa shape index (κ1) is 30.7.